The summed E-state index contributed by atoms with van der Waals surface area (Å²) >= 11 is 1.36. The van der Waals surface area contributed by atoms with Gasteiger partial charge in [0.05, 0.1) is 28.4 Å². The van der Waals surface area contributed by atoms with E-state index in [1.165, 1.54) is 16.2 Å². The van der Waals surface area contributed by atoms with Crippen LogP contribution in [0.15, 0.2) is 60.2 Å². The summed E-state index contributed by atoms with van der Waals surface area (Å²) in [4.78, 5) is 33.8. The van der Waals surface area contributed by atoms with E-state index in [1.807, 2.05) is 63.2 Å². The Hall–Kier alpha value is -4.17. The molecule has 0 saturated carbocycles. The summed E-state index contributed by atoms with van der Waals surface area (Å²) < 4.78 is 12.8. The van der Waals surface area contributed by atoms with Gasteiger partial charge in [-0.25, -0.2) is 4.98 Å². The number of nitrogens with zero attached hydrogens (tertiary/aromatic N) is 2. The molecular formula is C34H34N2O5S. The van der Waals surface area contributed by atoms with E-state index in [4.69, 9.17) is 14.5 Å². The minimum Gasteiger partial charge on any atom is -0.507 e. The van der Waals surface area contributed by atoms with Crippen LogP contribution in [0.4, 0.5) is 5.13 Å². The fourth-order valence-electron chi connectivity index (χ4n) is 5.72. The summed E-state index contributed by atoms with van der Waals surface area (Å²) in [7, 11) is 0. The van der Waals surface area contributed by atoms with Crippen molar-refractivity contribution in [2.24, 2.45) is 5.92 Å². The maximum absolute atomic E-state index is 13.8. The van der Waals surface area contributed by atoms with Gasteiger partial charge in [0.1, 0.15) is 23.4 Å². The Morgan fingerprint density at radius 3 is 2.74 bits per heavy atom. The molecule has 0 radical (unpaired) electrons. The molecule has 6 rings (SSSR count). The van der Waals surface area contributed by atoms with Gasteiger partial charge in [-0.1, -0.05) is 43.4 Å². The molecule has 4 aromatic rings. The van der Waals surface area contributed by atoms with Crippen molar-refractivity contribution >= 4 is 44.1 Å². The van der Waals surface area contributed by atoms with Gasteiger partial charge in [0, 0.05) is 12.0 Å². The van der Waals surface area contributed by atoms with Crippen molar-refractivity contribution < 1.29 is 24.2 Å². The molecule has 42 heavy (non-hydrogen) atoms. The molecular weight excluding hydrogens is 548 g/mol. The van der Waals surface area contributed by atoms with Crippen molar-refractivity contribution in [3.05, 3.63) is 88.0 Å². The topological polar surface area (TPSA) is 89.0 Å². The number of aliphatic hydroxyl groups excluding tert-OH is 1. The predicted octanol–water partition coefficient (Wildman–Crippen LogP) is 7.29. The molecule has 0 spiro atoms. The van der Waals surface area contributed by atoms with Crippen LogP contribution in [0, 0.1) is 19.8 Å². The molecule has 7 nitrogen and oxygen atoms in total. The molecule has 216 valence electrons. The highest BCUT2D eigenvalue weighted by Gasteiger charge is 2.48. The van der Waals surface area contributed by atoms with E-state index in [9.17, 15) is 14.7 Å². The predicted molar refractivity (Wildman–Crippen MR) is 166 cm³/mol. The van der Waals surface area contributed by atoms with Crippen LogP contribution in [-0.2, 0) is 16.0 Å². The third kappa shape index (κ3) is 5.04. The lowest BCUT2D eigenvalue weighted by Gasteiger charge is -2.23. The number of aromatic nitrogens is 1. The van der Waals surface area contributed by atoms with Crippen LogP contribution in [0.3, 0.4) is 0 Å². The van der Waals surface area contributed by atoms with Gasteiger partial charge < -0.3 is 14.6 Å². The first-order chi connectivity index (χ1) is 20.1. The highest BCUT2D eigenvalue weighted by atomic mass is 32.1. The zero-order chi connectivity index (χ0) is 29.7. The molecule has 1 N–H and O–H groups in total. The van der Waals surface area contributed by atoms with Crippen LogP contribution in [0.1, 0.15) is 61.1 Å². The number of hydrogen-bond acceptors (Lipinski definition) is 7. The van der Waals surface area contributed by atoms with Crippen LogP contribution in [0.2, 0.25) is 0 Å². The van der Waals surface area contributed by atoms with Gasteiger partial charge in [0.25, 0.3) is 5.78 Å². The molecule has 1 aromatic heterocycles. The van der Waals surface area contributed by atoms with Crippen LogP contribution in [-0.4, -0.2) is 34.5 Å². The van der Waals surface area contributed by atoms with Gasteiger partial charge >= 0.3 is 5.91 Å². The average molecular weight is 583 g/mol. The molecule has 0 bridgehead atoms. The molecule has 3 aromatic carbocycles. The Balaban J connectivity index is 1.50. The lowest BCUT2D eigenvalue weighted by molar-refractivity contribution is -0.132. The smallest absolute Gasteiger partial charge is 0.301 e. The fourth-order valence-corrected chi connectivity index (χ4v) is 6.89. The number of hydrogen-bond donors (Lipinski definition) is 1. The third-order valence-electron chi connectivity index (χ3n) is 7.78. The van der Waals surface area contributed by atoms with Crippen molar-refractivity contribution in [1.29, 1.82) is 0 Å². The van der Waals surface area contributed by atoms with Crippen molar-refractivity contribution in [2.75, 3.05) is 11.5 Å². The quantitative estimate of drug-likeness (QED) is 0.140. The summed E-state index contributed by atoms with van der Waals surface area (Å²) in [5, 5.41) is 12.1. The molecule has 1 saturated heterocycles. The minimum absolute atomic E-state index is 0.0263. The first-order valence-electron chi connectivity index (χ1n) is 14.3. The average Bonchev–Trinajstić information content (AvgIpc) is 3.61. The van der Waals surface area contributed by atoms with Gasteiger partial charge in [-0.2, -0.15) is 0 Å². The summed E-state index contributed by atoms with van der Waals surface area (Å²) in [6.45, 7) is 10.8. The van der Waals surface area contributed by atoms with Crippen LogP contribution < -0.4 is 14.4 Å². The van der Waals surface area contributed by atoms with Crippen molar-refractivity contribution in [3.63, 3.8) is 0 Å². The maximum atomic E-state index is 13.8. The normalized spacial score (nSPS) is 19.5. The number of thiazole rings is 1. The number of carbonyl (C=O) groups excluding carboxylic acids is 2. The molecule has 3 heterocycles. The molecule has 2 atom stereocenters. The summed E-state index contributed by atoms with van der Waals surface area (Å²) in [5.74, 6) is 0.204. The van der Waals surface area contributed by atoms with E-state index < -0.39 is 17.7 Å². The summed E-state index contributed by atoms with van der Waals surface area (Å²) in [5.41, 5.74) is 4.98. The lowest BCUT2D eigenvalue weighted by Crippen LogP contribution is -2.29. The van der Waals surface area contributed by atoms with Crippen LogP contribution >= 0.6 is 11.3 Å². The standard InChI is InChI=1S/C34H34N2O5S/c1-18(2)11-12-40-25-8-6-7-22(17-25)30-28(31(37)23-9-10-26-24(16-23)15-21(5)41-26)32(38)33(39)36(30)34-35-29-20(4)13-19(3)14-27(29)42-34/h6-10,13-14,16-18,21,30,37H,11-12,15H2,1-5H3. The monoisotopic (exact) mass is 582 g/mol. The largest absolute Gasteiger partial charge is 0.507 e. The van der Waals surface area contributed by atoms with E-state index in [2.05, 4.69) is 13.8 Å². The highest BCUT2D eigenvalue weighted by Crippen LogP contribution is 2.45. The molecule has 8 heteroatoms. The summed E-state index contributed by atoms with van der Waals surface area (Å²) in [6.07, 6.45) is 1.63. The number of carbonyl (C=O) groups is 2. The van der Waals surface area contributed by atoms with Gasteiger partial charge in [0.15, 0.2) is 5.13 Å². The molecule has 1 amide bonds. The Bertz CT molecular complexity index is 1750. The first-order valence-corrected chi connectivity index (χ1v) is 15.1. The second-order valence-electron chi connectivity index (χ2n) is 11.7. The molecule has 2 unspecified atom stereocenters. The van der Waals surface area contributed by atoms with E-state index in [1.54, 1.807) is 12.1 Å². The number of fused-ring (bicyclic) bond motifs is 2. The Labute approximate surface area is 249 Å². The van der Waals surface area contributed by atoms with Crippen LogP contribution in [0.25, 0.3) is 16.0 Å². The Kier molecular flexibility index (Phi) is 7.27. The van der Waals surface area contributed by atoms with E-state index in [0.717, 1.165) is 39.1 Å². The second-order valence-corrected chi connectivity index (χ2v) is 12.7. The third-order valence-corrected chi connectivity index (χ3v) is 8.78. The number of aryl methyl sites for hydroxylation is 2. The second kappa shape index (κ2) is 10.9. The van der Waals surface area contributed by atoms with Gasteiger partial charge in [-0.05, 0) is 91.8 Å². The maximum Gasteiger partial charge on any atom is 0.301 e. The van der Waals surface area contributed by atoms with E-state index in [-0.39, 0.29) is 17.4 Å². The summed E-state index contributed by atoms with van der Waals surface area (Å²) in [6, 6.07) is 16.0. The number of aliphatic hydroxyl groups is 1. The van der Waals surface area contributed by atoms with E-state index in [0.29, 0.717) is 41.0 Å². The Morgan fingerprint density at radius 2 is 1.95 bits per heavy atom. The number of rotatable bonds is 7. The SMILES string of the molecule is Cc1cc(C)c2nc(N3C(=O)C(=O)C(=C(O)c4ccc5c(c4)CC(C)O5)C3c3cccc(OCCC(C)C)c3)sc2c1. The molecule has 1 fully saturated rings. The Morgan fingerprint density at radius 1 is 1.14 bits per heavy atom. The zero-order valence-corrected chi connectivity index (χ0v) is 25.2. The molecule has 2 aliphatic rings. The minimum atomic E-state index is -0.885. The number of anilines is 1. The van der Waals surface area contributed by atoms with Gasteiger partial charge in [-0.3, -0.25) is 14.5 Å². The zero-order valence-electron chi connectivity index (χ0n) is 24.4. The van der Waals surface area contributed by atoms with Crippen molar-refractivity contribution in [1.82, 2.24) is 4.98 Å². The number of ether oxygens (including phenoxy) is 2. The fraction of sp³-hybridized carbons (Fsp3) is 0.324. The lowest BCUT2D eigenvalue weighted by atomic mass is 9.94. The first kappa shape index (κ1) is 28.0. The van der Waals surface area contributed by atoms with Gasteiger partial charge in [0.2, 0.25) is 0 Å². The number of benzene rings is 3. The number of amides is 1. The molecule has 2 aliphatic heterocycles. The van der Waals surface area contributed by atoms with Gasteiger partial charge in [-0.15, -0.1) is 0 Å². The van der Waals surface area contributed by atoms with Crippen molar-refractivity contribution in [2.45, 2.75) is 59.6 Å². The van der Waals surface area contributed by atoms with Crippen LogP contribution in [0.5, 0.6) is 11.5 Å². The number of Topliss-reactive ketones (excluding diaryl/α,β-unsaturated/α-hetero) is 1. The molecule has 0 aliphatic carbocycles. The highest BCUT2D eigenvalue weighted by molar-refractivity contribution is 7.22. The number of ketones is 1. The van der Waals surface area contributed by atoms with Crippen molar-refractivity contribution in [3.8, 4) is 11.5 Å². The van der Waals surface area contributed by atoms with E-state index >= 15 is 0 Å².